The van der Waals surface area contributed by atoms with Crippen molar-refractivity contribution in [3.8, 4) is 11.5 Å². The fourth-order valence-electron chi connectivity index (χ4n) is 1.59. The van der Waals surface area contributed by atoms with Crippen LogP contribution in [-0.4, -0.2) is 38.4 Å². The molecule has 1 aromatic carbocycles. The number of amides is 3. The van der Waals surface area contributed by atoms with Gasteiger partial charge in [0, 0.05) is 13.1 Å². The maximum absolute atomic E-state index is 11.5. The van der Waals surface area contributed by atoms with E-state index < -0.39 is 24.5 Å². The van der Waals surface area contributed by atoms with Crippen molar-refractivity contribution in [1.82, 2.24) is 10.6 Å². The Morgan fingerprint density at radius 3 is 2.82 bits per heavy atom. The maximum Gasteiger partial charge on any atom is 0.331 e. The van der Waals surface area contributed by atoms with Gasteiger partial charge in [0.15, 0.2) is 18.1 Å². The van der Waals surface area contributed by atoms with Crippen LogP contribution in [0.1, 0.15) is 5.56 Å². The van der Waals surface area contributed by atoms with E-state index in [1.807, 2.05) is 5.32 Å². The van der Waals surface area contributed by atoms with Gasteiger partial charge in [-0.05, 0) is 23.8 Å². The van der Waals surface area contributed by atoms with E-state index in [-0.39, 0.29) is 6.79 Å². The van der Waals surface area contributed by atoms with Crippen molar-refractivity contribution in [3.05, 3.63) is 29.8 Å². The standard InChI is InChI=1S/C14H14N2O6/c1-15-14(19)16-12(17)7-20-13(18)5-3-9-2-4-10-11(6-9)22-8-21-10/h2-6H,7-8H2,1H3,(H2,15,16,17,19). The summed E-state index contributed by atoms with van der Waals surface area (Å²) in [6, 6.07) is 4.52. The zero-order chi connectivity index (χ0) is 15.9. The molecule has 0 bridgehead atoms. The summed E-state index contributed by atoms with van der Waals surface area (Å²) in [7, 11) is 1.36. The van der Waals surface area contributed by atoms with Crippen LogP contribution in [0.2, 0.25) is 0 Å². The second-order valence-electron chi connectivity index (χ2n) is 4.18. The van der Waals surface area contributed by atoms with E-state index in [2.05, 4.69) is 10.1 Å². The third-order valence-corrected chi connectivity index (χ3v) is 2.63. The molecule has 0 unspecified atom stereocenters. The summed E-state index contributed by atoms with van der Waals surface area (Å²) < 4.78 is 15.1. The smallest absolute Gasteiger partial charge is 0.331 e. The third-order valence-electron chi connectivity index (χ3n) is 2.63. The fraction of sp³-hybridized carbons (Fsp3) is 0.214. The molecule has 116 valence electrons. The van der Waals surface area contributed by atoms with Gasteiger partial charge < -0.3 is 19.5 Å². The Balaban J connectivity index is 1.81. The molecule has 0 radical (unpaired) electrons. The highest BCUT2D eigenvalue weighted by molar-refractivity contribution is 5.96. The highest BCUT2D eigenvalue weighted by Crippen LogP contribution is 2.32. The predicted octanol–water partition coefficient (Wildman–Crippen LogP) is 0.427. The summed E-state index contributed by atoms with van der Waals surface area (Å²) in [5.41, 5.74) is 0.719. The van der Waals surface area contributed by atoms with Crippen molar-refractivity contribution >= 4 is 24.0 Å². The number of nitrogens with one attached hydrogen (secondary N) is 2. The number of hydrogen-bond acceptors (Lipinski definition) is 6. The number of carbonyl (C=O) groups excluding carboxylic acids is 3. The van der Waals surface area contributed by atoms with E-state index in [0.29, 0.717) is 11.5 Å². The molecule has 0 aliphatic carbocycles. The van der Waals surface area contributed by atoms with Gasteiger partial charge in [-0.3, -0.25) is 10.1 Å². The van der Waals surface area contributed by atoms with E-state index in [1.165, 1.54) is 19.2 Å². The lowest BCUT2D eigenvalue weighted by Crippen LogP contribution is -2.39. The Kier molecular flexibility index (Phi) is 4.97. The molecular weight excluding hydrogens is 292 g/mol. The molecule has 0 saturated heterocycles. The first-order chi connectivity index (χ1) is 10.6. The minimum atomic E-state index is -0.718. The molecule has 1 aliphatic rings. The lowest BCUT2D eigenvalue weighted by atomic mass is 10.2. The van der Waals surface area contributed by atoms with Crippen LogP contribution in [0.4, 0.5) is 4.79 Å². The highest BCUT2D eigenvalue weighted by atomic mass is 16.7. The number of hydrogen-bond donors (Lipinski definition) is 2. The molecule has 0 aromatic heterocycles. The van der Waals surface area contributed by atoms with Crippen molar-refractivity contribution in [3.63, 3.8) is 0 Å². The topological polar surface area (TPSA) is 103 Å². The average molecular weight is 306 g/mol. The second-order valence-corrected chi connectivity index (χ2v) is 4.18. The van der Waals surface area contributed by atoms with E-state index in [4.69, 9.17) is 9.47 Å². The van der Waals surface area contributed by atoms with Crippen molar-refractivity contribution in [2.45, 2.75) is 0 Å². The van der Waals surface area contributed by atoms with Gasteiger partial charge in [0.05, 0.1) is 0 Å². The van der Waals surface area contributed by atoms with Crippen molar-refractivity contribution in [2.75, 3.05) is 20.4 Å². The summed E-state index contributed by atoms with van der Waals surface area (Å²) in [6.07, 6.45) is 2.69. The molecule has 0 saturated carbocycles. The van der Waals surface area contributed by atoms with Gasteiger partial charge in [0.25, 0.3) is 5.91 Å². The van der Waals surface area contributed by atoms with E-state index >= 15 is 0 Å². The van der Waals surface area contributed by atoms with Gasteiger partial charge in [-0.15, -0.1) is 0 Å². The van der Waals surface area contributed by atoms with Crippen LogP contribution < -0.4 is 20.1 Å². The fourth-order valence-corrected chi connectivity index (χ4v) is 1.59. The number of carbonyl (C=O) groups is 3. The molecular formula is C14H14N2O6. The molecule has 0 fully saturated rings. The molecule has 2 rings (SSSR count). The SMILES string of the molecule is CNC(=O)NC(=O)COC(=O)C=Cc1ccc2c(c1)OCO2. The average Bonchev–Trinajstić information content (AvgIpc) is 2.98. The molecule has 1 aliphatic heterocycles. The molecule has 2 N–H and O–H groups in total. The zero-order valence-corrected chi connectivity index (χ0v) is 11.8. The van der Waals surface area contributed by atoms with Gasteiger partial charge in [0.1, 0.15) is 0 Å². The van der Waals surface area contributed by atoms with Crippen LogP contribution in [0, 0.1) is 0 Å². The number of urea groups is 1. The quantitative estimate of drug-likeness (QED) is 0.617. The molecule has 0 spiro atoms. The molecule has 1 aromatic rings. The van der Waals surface area contributed by atoms with Crippen LogP contribution >= 0.6 is 0 Å². The Morgan fingerprint density at radius 2 is 2.05 bits per heavy atom. The van der Waals surface area contributed by atoms with Crippen LogP contribution in [0.3, 0.4) is 0 Å². The lowest BCUT2D eigenvalue weighted by molar-refractivity contribution is -0.143. The number of rotatable bonds is 4. The summed E-state index contributed by atoms with van der Waals surface area (Å²) in [6.45, 7) is -0.372. The van der Waals surface area contributed by atoms with Crippen LogP contribution in [-0.2, 0) is 14.3 Å². The van der Waals surface area contributed by atoms with Crippen LogP contribution in [0.25, 0.3) is 6.08 Å². The van der Waals surface area contributed by atoms with E-state index in [0.717, 1.165) is 5.56 Å². The first-order valence-electron chi connectivity index (χ1n) is 6.34. The number of imide groups is 1. The Bertz CT molecular complexity index is 626. The maximum atomic E-state index is 11.5. The van der Waals surface area contributed by atoms with Crippen molar-refractivity contribution in [1.29, 1.82) is 0 Å². The van der Waals surface area contributed by atoms with Crippen molar-refractivity contribution in [2.24, 2.45) is 0 Å². The van der Waals surface area contributed by atoms with Crippen LogP contribution in [0.5, 0.6) is 11.5 Å². The summed E-state index contributed by atoms with van der Waals surface area (Å²) in [5.74, 6) is -0.181. The third kappa shape index (κ3) is 4.23. The highest BCUT2D eigenvalue weighted by Gasteiger charge is 2.12. The van der Waals surface area contributed by atoms with Crippen LogP contribution in [0.15, 0.2) is 24.3 Å². The Morgan fingerprint density at radius 1 is 1.27 bits per heavy atom. The monoisotopic (exact) mass is 306 g/mol. The minimum Gasteiger partial charge on any atom is -0.454 e. The predicted molar refractivity (Wildman–Crippen MR) is 75.2 cm³/mol. The number of benzene rings is 1. The summed E-state index contributed by atoms with van der Waals surface area (Å²) in [5, 5.41) is 4.17. The first-order valence-corrected chi connectivity index (χ1v) is 6.34. The van der Waals surface area contributed by atoms with Gasteiger partial charge in [-0.2, -0.15) is 0 Å². The first kappa shape index (κ1) is 15.4. The van der Waals surface area contributed by atoms with Gasteiger partial charge in [0.2, 0.25) is 6.79 Å². The number of esters is 1. The van der Waals surface area contributed by atoms with E-state index in [9.17, 15) is 14.4 Å². The second kappa shape index (κ2) is 7.11. The molecule has 22 heavy (non-hydrogen) atoms. The summed E-state index contributed by atoms with van der Waals surface area (Å²) in [4.78, 5) is 33.5. The molecule has 0 atom stereocenters. The molecule has 1 heterocycles. The van der Waals surface area contributed by atoms with Gasteiger partial charge in [-0.1, -0.05) is 6.07 Å². The lowest BCUT2D eigenvalue weighted by Gasteiger charge is -2.03. The largest absolute Gasteiger partial charge is 0.454 e. The number of ether oxygens (including phenoxy) is 3. The van der Waals surface area contributed by atoms with Crippen molar-refractivity contribution < 1.29 is 28.6 Å². The molecule has 8 nitrogen and oxygen atoms in total. The molecule has 8 heteroatoms. The van der Waals surface area contributed by atoms with Gasteiger partial charge in [-0.25, -0.2) is 9.59 Å². The minimum absolute atomic E-state index is 0.172. The number of fused-ring (bicyclic) bond motifs is 1. The molecule has 3 amide bonds. The zero-order valence-electron chi connectivity index (χ0n) is 11.8. The van der Waals surface area contributed by atoms with E-state index in [1.54, 1.807) is 18.2 Å². The summed E-state index contributed by atoms with van der Waals surface area (Å²) >= 11 is 0. The van der Waals surface area contributed by atoms with Gasteiger partial charge >= 0.3 is 12.0 Å². The Hall–Kier alpha value is -3.03. The normalized spacial score (nSPS) is 12.0. The Labute approximate surface area is 126 Å².